The van der Waals surface area contributed by atoms with E-state index < -0.39 is 0 Å². The second kappa shape index (κ2) is 5.83. The van der Waals surface area contributed by atoms with Crippen LogP contribution in [0.1, 0.15) is 30.1 Å². The molecule has 0 unspecified atom stereocenters. The molecule has 0 spiro atoms. The van der Waals surface area contributed by atoms with E-state index in [0.29, 0.717) is 11.6 Å². The van der Waals surface area contributed by atoms with Crippen molar-refractivity contribution in [3.05, 3.63) is 47.9 Å². The summed E-state index contributed by atoms with van der Waals surface area (Å²) in [5.41, 5.74) is 1.27. The first-order valence-electron chi connectivity index (χ1n) is 6.85. The van der Waals surface area contributed by atoms with Gasteiger partial charge in [-0.15, -0.1) is 0 Å². The predicted molar refractivity (Wildman–Crippen MR) is 75.1 cm³/mol. The van der Waals surface area contributed by atoms with Gasteiger partial charge in [-0.25, -0.2) is 14.4 Å². The van der Waals surface area contributed by atoms with Gasteiger partial charge in [0.1, 0.15) is 17.7 Å². The van der Waals surface area contributed by atoms with Crippen LogP contribution in [0, 0.1) is 17.1 Å². The molecule has 106 valence electrons. The number of nitriles is 1. The van der Waals surface area contributed by atoms with E-state index in [1.54, 1.807) is 12.3 Å². The average molecular weight is 283 g/mol. The van der Waals surface area contributed by atoms with E-state index >= 15 is 0 Å². The molecule has 6 heteroatoms. The van der Waals surface area contributed by atoms with E-state index in [4.69, 9.17) is 5.26 Å². The summed E-state index contributed by atoms with van der Waals surface area (Å²) in [5, 5.41) is 8.72. The van der Waals surface area contributed by atoms with Crippen LogP contribution in [0.3, 0.4) is 0 Å². The van der Waals surface area contributed by atoms with Crippen molar-refractivity contribution >= 4 is 5.82 Å². The third kappa shape index (κ3) is 2.97. The van der Waals surface area contributed by atoms with Gasteiger partial charge in [0, 0.05) is 24.7 Å². The number of hydrogen-bond donors (Lipinski definition) is 0. The van der Waals surface area contributed by atoms with Gasteiger partial charge >= 0.3 is 0 Å². The highest BCUT2D eigenvalue weighted by Crippen LogP contribution is 2.28. The Morgan fingerprint density at radius 3 is 2.48 bits per heavy atom. The number of rotatable bonds is 2. The summed E-state index contributed by atoms with van der Waals surface area (Å²) in [5.74, 6) is 0.844. The molecular formula is C15H14FN5. The number of halogens is 1. The molecule has 2 aromatic heterocycles. The van der Waals surface area contributed by atoms with Gasteiger partial charge in [-0.1, -0.05) is 0 Å². The van der Waals surface area contributed by atoms with Gasteiger partial charge in [0.25, 0.3) is 0 Å². The molecule has 1 saturated heterocycles. The molecule has 2 aromatic rings. The van der Waals surface area contributed by atoms with Gasteiger partial charge in [0.05, 0.1) is 18.6 Å². The minimum Gasteiger partial charge on any atom is -0.355 e. The van der Waals surface area contributed by atoms with E-state index in [9.17, 15) is 4.39 Å². The Hall–Kier alpha value is -2.55. The lowest BCUT2D eigenvalue weighted by atomic mass is 9.93. The maximum Gasteiger partial charge on any atom is 0.158 e. The lowest BCUT2D eigenvalue weighted by Gasteiger charge is -2.32. The van der Waals surface area contributed by atoms with Crippen LogP contribution < -0.4 is 4.90 Å². The summed E-state index contributed by atoms with van der Waals surface area (Å²) < 4.78 is 12.9. The van der Waals surface area contributed by atoms with E-state index in [1.165, 1.54) is 18.5 Å². The van der Waals surface area contributed by atoms with Crippen molar-refractivity contribution < 1.29 is 4.39 Å². The number of pyridine rings is 1. The van der Waals surface area contributed by atoms with Crippen molar-refractivity contribution in [2.24, 2.45) is 0 Å². The summed E-state index contributed by atoms with van der Waals surface area (Å²) in [4.78, 5) is 14.6. The van der Waals surface area contributed by atoms with Crippen LogP contribution in [0.15, 0.2) is 30.7 Å². The molecule has 3 rings (SSSR count). The summed E-state index contributed by atoms with van der Waals surface area (Å²) in [6, 6.07) is 5.18. The fourth-order valence-corrected chi connectivity index (χ4v) is 2.58. The van der Waals surface area contributed by atoms with E-state index in [2.05, 4.69) is 19.9 Å². The number of piperidine rings is 1. The number of aromatic nitrogens is 3. The van der Waals surface area contributed by atoms with Gasteiger partial charge in [-0.3, -0.25) is 4.98 Å². The maximum atomic E-state index is 12.9. The summed E-state index contributed by atoms with van der Waals surface area (Å²) >= 11 is 0. The Kier molecular flexibility index (Phi) is 3.73. The SMILES string of the molecule is N#Cc1cnc(N2CCC(c3ccc(F)cn3)CC2)cn1. The van der Waals surface area contributed by atoms with Crippen LogP contribution in [-0.2, 0) is 0 Å². The Balaban J connectivity index is 1.64. The van der Waals surface area contributed by atoms with Crippen LogP contribution >= 0.6 is 0 Å². The first-order chi connectivity index (χ1) is 10.3. The molecule has 0 N–H and O–H groups in total. The molecule has 0 saturated carbocycles. The van der Waals surface area contributed by atoms with Gasteiger partial charge in [0.2, 0.25) is 0 Å². The number of hydrogen-bond acceptors (Lipinski definition) is 5. The molecular weight excluding hydrogens is 269 g/mol. The molecule has 0 amide bonds. The van der Waals surface area contributed by atoms with E-state index in [1.807, 2.05) is 6.07 Å². The predicted octanol–water partition coefficient (Wildman–Crippen LogP) is 2.27. The molecule has 3 heterocycles. The average Bonchev–Trinajstić information content (AvgIpc) is 2.56. The molecule has 0 aliphatic carbocycles. The zero-order chi connectivity index (χ0) is 14.7. The van der Waals surface area contributed by atoms with E-state index in [0.717, 1.165) is 37.4 Å². The fraction of sp³-hybridized carbons (Fsp3) is 0.333. The lowest BCUT2D eigenvalue weighted by molar-refractivity contribution is 0.491. The van der Waals surface area contributed by atoms with Crippen LogP contribution in [0.2, 0.25) is 0 Å². The molecule has 0 aromatic carbocycles. The number of anilines is 1. The van der Waals surface area contributed by atoms with Gasteiger partial charge < -0.3 is 4.90 Å². The lowest BCUT2D eigenvalue weighted by Crippen LogP contribution is -2.33. The molecule has 1 aliphatic rings. The molecule has 1 aliphatic heterocycles. The second-order valence-electron chi connectivity index (χ2n) is 5.03. The molecule has 1 fully saturated rings. The van der Waals surface area contributed by atoms with Gasteiger partial charge in [0.15, 0.2) is 5.69 Å². The molecule has 21 heavy (non-hydrogen) atoms. The smallest absolute Gasteiger partial charge is 0.158 e. The largest absolute Gasteiger partial charge is 0.355 e. The standard InChI is InChI=1S/C15H14FN5/c16-12-1-2-14(19-8-12)11-3-5-21(6-4-11)15-10-18-13(7-17)9-20-15/h1-2,8-11H,3-6H2. The van der Waals surface area contributed by atoms with Crippen molar-refractivity contribution in [3.63, 3.8) is 0 Å². The van der Waals surface area contributed by atoms with Crippen molar-refractivity contribution in [2.45, 2.75) is 18.8 Å². The Bertz CT molecular complexity index is 639. The van der Waals surface area contributed by atoms with Gasteiger partial charge in [-0.2, -0.15) is 5.26 Å². The Morgan fingerprint density at radius 1 is 1.10 bits per heavy atom. The van der Waals surface area contributed by atoms with Crippen molar-refractivity contribution in [2.75, 3.05) is 18.0 Å². The second-order valence-corrected chi connectivity index (χ2v) is 5.03. The summed E-state index contributed by atoms with van der Waals surface area (Å²) in [6.45, 7) is 1.70. The summed E-state index contributed by atoms with van der Waals surface area (Å²) in [7, 11) is 0. The van der Waals surface area contributed by atoms with Crippen LogP contribution in [0.4, 0.5) is 10.2 Å². The normalized spacial score (nSPS) is 15.7. The minimum absolute atomic E-state index is 0.302. The molecule has 0 radical (unpaired) electrons. The van der Waals surface area contributed by atoms with Crippen molar-refractivity contribution in [1.82, 2.24) is 15.0 Å². The third-order valence-electron chi connectivity index (χ3n) is 3.74. The topological polar surface area (TPSA) is 65.7 Å². The molecule has 5 nitrogen and oxygen atoms in total. The van der Waals surface area contributed by atoms with Crippen molar-refractivity contribution in [3.8, 4) is 6.07 Å². The highest BCUT2D eigenvalue weighted by Gasteiger charge is 2.22. The van der Waals surface area contributed by atoms with Crippen LogP contribution in [0.5, 0.6) is 0 Å². The highest BCUT2D eigenvalue weighted by molar-refractivity contribution is 5.38. The van der Waals surface area contributed by atoms with Gasteiger partial charge in [-0.05, 0) is 25.0 Å². The Morgan fingerprint density at radius 2 is 1.90 bits per heavy atom. The minimum atomic E-state index is -0.302. The maximum absolute atomic E-state index is 12.9. The highest BCUT2D eigenvalue weighted by atomic mass is 19.1. The summed E-state index contributed by atoms with van der Waals surface area (Å²) in [6.07, 6.45) is 6.28. The van der Waals surface area contributed by atoms with E-state index in [-0.39, 0.29) is 5.82 Å². The zero-order valence-electron chi connectivity index (χ0n) is 11.4. The molecule has 0 bridgehead atoms. The first-order valence-corrected chi connectivity index (χ1v) is 6.85. The Labute approximate surface area is 122 Å². The zero-order valence-corrected chi connectivity index (χ0v) is 11.4. The quantitative estimate of drug-likeness (QED) is 0.845. The number of nitrogens with zero attached hydrogens (tertiary/aromatic N) is 5. The third-order valence-corrected chi connectivity index (χ3v) is 3.74. The first kappa shape index (κ1) is 13.4. The van der Waals surface area contributed by atoms with Crippen molar-refractivity contribution in [1.29, 1.82) is 5.26 Å². The fourth-order valence-electron chi connectivity index (χ4n) is 2.58. The van der Waals surface area contributed by atoms with Crippen LogP contribution in [0.25, 0.3) is 0 Å². The molecule has 0 atom stereocenters. The monoisotopic (exact) mass is 283 g/mol. The van der Waals surface area contributed by atoms with Crippen LogP contribution in [-0.4, -0.2) is 28.0 Å².